The summed E-state index contributed by atoms with van der Waals surface area (Å²) in [7, 11) is 0. The Morgan fingerprint density at radius 1 is 1.05 bits per heavy atom. The lowest BCUT2D eigenvalue weighted by Gasteiger charge is -2.16. The van der Waals surface area contributed by atoms with Crippen molar-refractivity contribution in [3.63, 3.8) is 0 Å². The third-order valence-corrected chi connectivity index (χ3v) is 3.45. The fraction of sp³-hybridized carbons (Fsp3) is 0.200. The Labute approximate surface area is 117 Å². The van der Waals surface area contributed by atoms with Gasteiger partial charge in [-0.05, 0) is 22.8 Å². The van der Waals surface area contributed by atoms with Crippen molar-refractivity contribution in [2.24, 2.45) is 0 Å². The van der Waals surface area contributed by atoms with Crippen molar-refractivity contribution in [2.45, 2.75) is 12.5 Å². The van der Waals surface area contributed by atoms with Crippen LogP contribution in [0.3, 0.4) is 0 Å². The van der Waals surface area contributed by atoms with Gasteiger partial charge in [0.25, 0.3) is 0 Å². The van der Waals surface area contributed by atoms with Gasteiger partial charge in [0.15, 0.2) is 0 Å². The van der Waals surface area contributed by atoms with E-state index >= 15 is 0 Å². The molecule has 2 aromatic rings. The van der Waals surface area contributed by atoms with Gasteiger partial charge in [-0.25, -0.2) is 0 Å². The van der Waals surface area contributed by atoms with Gasteiger partial charge in [-0.15, -0.1) is 11.6 Å². The SMILES string of the molecule is Nc1ccc(-c2ccccc2)c(CC(O)CCl)c1N. The number of benzene rings is 2. The van der Waals surface area contributed by atoms with E-state index in [0.29, 0.717) is 17.8 Å². The number of nitrogen functional groups attached to an aromatic ring is 2. The minimum absolute atomic E-state index is 0.169. The molecule has 1 unspecified atom stereocenters. The molecule has 19 heavy (non-hydrogen) atoms. The van der Waals surface area contributed by atoms with Crippen molar-refractivity contribution < 1.29 is 5.11 Å². The molecule has 0 saturated heterocycles. The number of hydrogen-bond acceptors (Lipinski definition) is 3. The molecule has 100 valence electrons. The van der Waals surface area contributed by atoms with Crippen LogP contribution in [-0.4, -0.2) is 17.1 Å². The average Bonchev–Trinajstić information content (AvgIpc) is 2.45. The van der Waals surface area contributed by atoms with Gasteiger partial charge in [-0.2, -0.15) is 0 Å². The molecular formula is C15H17ClN2O. The van der Waals surface area contributed by atoms with Gasteiger partial charge in [0.05, 0.1) is 17.5 Å². The van der Waals surface area contributed by atoms with Crippen molar-refractivity contribution in [1.82, 2.24) is 0 Å². The van der Waals surface area contributed by atoms with Crippen molar-refractivity contribution >= 4 is 23.0 Å². The summed E-state index contributed by atoms with van der Waals surface area (Å²) in [6.07, 6.45) is -0.238. The zero-order chi connectivity index (χ0) is 13.8. The van der Waals surface area contributed by atoms with Crippen LogP contribution in [0.15, 0.2) is 42.5 Å². The van der Waals surface area contributed by atoms with Gasteiger partial charge in [0.1, 0.15) is 0 Å². The van der Waals surface area contributed by atoms with E-state index in [1.54, 1.807) is 6.07 Å². The number of halogens is 1. The van der Waals surface area contributed by atoms with Crippen molar-refractivity contribution in [1.29, 1.82) is 0 Å². The summed E-state index contributed by atoms with van der Waals surface area (Å²) < 4.78 is 0. The maximum Gasteiger partial charge on any atom is 0.0716 e. The molecule has 3 nitrogen and oxygen atoms in total. The highest BCUT2D eigenvalue weighted by molar-refractivity contribution is 6.18. The Morgan fingerprint density at radius 3 is 2.37 bits per heavy atom. The first-order chi connectivity index (χ1) is 9.13. The maximum absolute atomic E-state index is 9.77. The van der Waals surface area contributed by atoms with Crippen LogP contribution in [0.4, 0.5) is 11.4 Å². The van der Waals surface area contributed by atoms with Crippen molar-refractivity contribution in [3.8, 4) is 11.1 Å². The molecular weight excluding hydrogens is 260 g/mol. The first-order valence-electron chi connectivity index (χ1n) is 6.09. The molecule has 0 heterocycles. The predicted octanol–water partition coefficient (Wildman–Crippen LogP) is 2.66. The van der Waals surface area contributed by atoms with Gasteiger partial charge in [-0.1, -0.05) is 36.4 Å². The molecule has 2 rings (SSSR count). The first kappa shape index (κ1) is 13.7. The molecule has 0 amide bonds. The number of rotatable bonds is 4. The fourth-order valence-electron chi connectivity index (χ4n) is 2.08. The van der Waals surface area contributed by atoms with E-state index < -0.39 is 6.10 Å². The predicted molar refractivity (Wildman–Crippen MR) is 81.1 cm³/mol. The summed E-state index contributed by atoms with van der Waals surface area (Å²) >= 11 is 5.67. The molecule has 2 aromatic carbocycles. The van der Waals surface area contributed by atoms with Gasteiger partial charge < -0.3 is 16.6 Å². The normalized spacial score (nSPS) is 12.3. The van der Waals surface area contributed by atoms with E-state index in [1.165, 1.54) is 0 Å². The van der Waals surface area contributed by atoms with E-state index in [4.69, 9.17) is 23.1 Å². The minimum Gasteiger partial charge on any atom is -0.397 e. The lowest BCUT2D eigenvalue weighted by molar-refractivity contribution is 0.199. The number of nitrogens with two attached hydrogens (primary N) is 2. The summed E-state index contributed by atoms with van der Waals surface area (Å²) in [5.41, 5.74) is 15.8. The number of aliphatic hydroxyl groups is 1. The molecule has 4 heteroatoms. The Bertz CT molecular complexity index is 558. The maximum atomic E-state index is 9.77. The van der Waals surface area contributed by atoms with Crippen LogP contribution in [0.1, 0.15) is 5.56 Å². The highest BCUT2D eigenvalue weighted by Crippen LogP contribution is 2.32. The highest BCUT2D eigenvalue weighted by Gasteiger charge is 2.14. The van der Waals surface area contributed by atoms with E-state index in [1.807, 2.05) is 36.4 Å². The van der Waals surface area contributed by atoms with Gasteiger partial charge in [0.2, 0.25) is 0 Å². The second-order valence-corrected chi connectivity index (χ2v) is 4.78. The summed E-state index contributed by atoms with van der Waals surface area (Å²) in [5.74, 6) is 0.169. The summed E-state index contributed by atoms with van der Waals surface area (Å²) in [6.45, 7) is 0. The van der Waals surface area contributed by atoms with Gasteiger partial charge >= 0.3 is 0 Å². The molecule has 0 aliphatic rings. The largest absolute Gasteiger partial charge is 0.397 e. The van der Waals surface area contributed by atoms with Crippen molar-refractivity contribution in [2.75, 3.05) is 17.3 Å². The highest BCUT2D eigenvalue weighted by atomic mass is 35.5. The molecule has 0 bridgehead atoms. The van der Waals surface area contributed by atoms with Crippen LogP contribution in [0, 0.1) is 0 Å². The van der Waals surface area contributed by atoms with Crippen LogP contribution in [0.5, 0.6) is 0 Å². The second-order valence-electron chi connectivity index (χ2n) is 4.47. The zero-order valence-electron chi connectivity index (χ0n) is 10.5. The molecule has 0 radical (unpaired) electrons. The molecule has 0 spiro atoms. The number of aliphatic hydroxyl groups excluding tert-OH is 1. The van der Waals surface area contributed by atoms with Crippen molar-refractivity contribution in [3.05, 3.63) is 48.0 Å². The van der Waals surface area contributed by atoms with E-state index in [-0.39, 0.29) is 5.88 Å². The minimum atomic E-state index is -0.631. The molecule has 0 aliphatic carbocycles. The summed E-state index contributed by atoms with van der Waals surface area (Å²) in [4.78, 5) is 0. The molecule has 0 aromatic heterocycles. The van der Waals surface area contributed by atoms with Crippen LogP contribution in [0.2, 0.25) is 0 Å². The van der Waals surface area contributed by atoms with E-state index in [2.05, 4.69) is 0 Å². The molecule has 0 fully saturated rings. The molecule has 1 atom stereocenters. The second kappa shape index (κ2) is 5.95. The van der Waals surface area contributed by atoms with Crippen LogP contribution in [0.25, 0.3) is 11.1 Å². The zero-order valence-corrected chi connectivity index (χ0v) is 11.3. The molecule has 5 N–H and O–H groups in total. The molecule has 0 aliphatic heterocycles. The van der Waals surface area contributed by atoms with Gasteiger partial charge in [-0.3, -0.25) is 0 Å². The molecule has 0 saturated carbocycles. The quantitative estimate of drug-likeness (QED) is 0.594. The van der Waals surface area contributed by atoms with Crippen LogP contribution < -0.4 is 11.5 Å². The first-order valence-corrected chi connectivity index (χ1v) is 6.63. The number of hydrogen-bond donors (Lipinski definition) is 3. The van der Waals surface area contributed by atoms with Crippen LogP contribution >= 0.6 is 11.6 Å². The Balaban J connectivity index is 2.52. The topological polar surface area (TPSA) is 72.3 Å². The smallest absolute Gasteiger partial charge is 0.0716 e. The Morgan fingerprint density at radius 2 is 1.74 bits per heavy atom. The average molecular weight is 277 g/mol. The standard InChI is InChI=1S/C15H17ClN2O/c16-9-11(19)8-13-12(6-7-14(17)15(13)18)10-4-2-1-3-5-10/h1-7,11,19H,8-9,17-18H2. The van der Waals surface area contributed by atoms with E-state index in [0.717, 1.165) is 16.7 Å². The third kappa shape index (κ3) is 3.00. The summed E-state index contributed by atoms with van der Waals surface area (Å²) in [6, 6.07) is 13.6. The Hall–Kier alpha value is -1.71. The number of alkyl halides is 1. The number of anilines is 2. The fourth-order valence-corrected chi connectivity index (χ4v) is 2.19. The lowest BCUT2D eigenvalue weighted by Crippen LogP contribution is -2.15. The van der Waals surface area contributed by atoms with Gasteiger partial charge in [0, 0.05) is 12.3 Å². The third-order valence-electron chi connectivity index (χ3n) is 3.09. The lowest BCUT2D eigenvalue weighted by atomic mass is 9.94. The van der Waals surface area contributed by atoms with Crippen LogP contribution in [-0.2, 0) is 6.42 Å². The van der Waals surface area contributed by atoms with E-state index in [9.17, 15) is 5.11 Å². The Kier molecular flexibility index (Phi) is 4.30. The monoisotopic (exact) mass is 276 g/mol. The summed E-state index contributed by atoms with van der Waals surface area (Å²) in [5, 5.41) is 9.77.